The van der Waals surface area contributed by atoms with Gasteiger partial charge >= 0.3 is 7.55 Å². The zero-order chi connectivity index (χ0) is 26.3. The second-order valence-corrected chi connectivity index (χ2v) is 11.4. The zero-order valence-electron chi connectivity index (χ0n) is 22.2. The van der Waals surface area contributed by atoms with Gasteiger partial charge in [-0.3, -0.25) is 9.37 Å². The number of carbonyl (C=O) groups is 1. The molecule has 0 spiro atoms. The fourth-order valence-corrected chi connectivity index (χ4v) is 6.62. The number of carbonyl (C=O) groups excluding carboxylic acids is 1. The van der Waals surface area contributed by atoms with E-state index in [9.17, 15) is 4.79 Å². The maximum atomic E-state index is 11.8. The SMILES string of the molecule is O=C(CCl)Nc1ccc(C2=C3C=CC(=[N+]4CCCC4)N3[B]n3c2ccc3[N+]2=NC(CC3CCCCC3)=C2)cc1. The average molecular weight is 540 g/mol. The van der Waals surface area contributed by atoms with Crippen molar-refractivity contribution in [3.8, 4) is 0 Å². The highest BCUT2D eigenvalue weighted by atomic mass is 35.5. The van der Waals surface area contributed by atoms with Crippen LogP contribution in [0.15, 0.2) is 71.3 Å². The lowest BCUT2D eigenvalue weighted by Crippen LogP contribution is -2.41. The molecule has 5 aliphatic rings. The van der Waals surface area contributed by atoms with Gasteiger partial charge in [-0.1, -0.05) is 49.4 Å². The van der Waals surface area contributed by atoms with Crippen molar-refractivity contribution in [3.63, 3.8) is 0 Å². The van der Waals surface area contributed by atoms with Crippen LogP contribution in [0.2, 0.25) is 0 Å². The van der Waals surface area contributed by atoms with Crippen LogP contribution >= 0.6 is 11.6 Å². The van der Waals surface area contributed by atoms with Crippen LogP contribution in [0.3, 0.4) is 0 Å². The Morgan fingerprint density at radius 2 is 1.79 bits per heavy atom. The highest BCUT2D eigenvalue weighted by Gasteiger charge is 2.46. The molecule has 1 radical (unpaired) electrons. The van der Waals surface area contributed by atoms with Crippen LogP contribution < -0.4 is 5.32 Å². The monoisotopic (exact) mass is 539 g/mol. The Morgan fingerprint density at radius 1 is 1.03 bits per heavy atom. The van der Waals surface area contributed by atoms with E-state index in [2.05, 4.69) is 69.3 Å². The summed E-state index contributed by atoms with van der Waals surface area (Å²) in [5.41, 5.74) is 6.51. The standard InChI is InChI=1S/C30H32BClN6O/c32-19-27(39)33-23-10-8-22(9-11-23)30-25-12-14-28(35-16-4-5-17-35)37(25)31-38-26(30)13-15-29(38)36-20-24(34-36)18-21-6-2-1-3-7-21/h8-15,20-21H,1-7,16-19H2/q+1/p+1. The summed E-state index contributed by atoms with van der Waals surface area (Å²) in [6, 6.07) is 12.4. The summed E-state index contributed by atoms with van der Waals surface area (Å²) in [6.07, 6.45) is 17.0. The van der Waals surface area contributed by atoms with E-state index in [1.54, 1.807) is 0 Å². The van der Waals surface area contributed by atoms with E-state index in [0.29, 0.717) is 0 Å². The molecule has 0 atom stereocenters. The maximum Gasteiger partial charge on any atom is 0.701 e. The van der Waals surface area contributed by atoms with Gasteiger partial charge in [0.15, 0.2) is 0 Å². The number of alkyl halides is 1. The Labute approximate surface area is 235 Å². The van der Waals surface area contributed by atoms with E-state index in [0.717, 1.165) is 53.8 Å². The third-order valence-electron chi connectivity index (χ3n) is 8.51. The first-order valence-electron chi connectivity index (χ1n) is 14.3. The van der Waals surface area contributed by atoms with E-state index in [1.165, 1.54) is 62.2 Å². The van der Waals surface area contributed by atoms with Crippen LogP contribution in [-0.4, -0.2) is 56.8 Å². The van der Waals surface area contributed by atoms with Crippen molar-refractivity contribution < 1.29 is 14.1 Å². The molecule has 197 valence electrons. The van der Waals surface area contributed by atoms with Crippen molar-refractivity contribution in [3.05, 3.63) is 77.4 Å². The number of nitrogens with one attached hydrogen (secondary N) is 1. The zero-order valence-corrected chi connectivity index (χ0v) is 22.9. The van der Waals surface area contributed by atoms with Crippen molar-refractivity contribution in [2.45, 2.75) is 51.4 Å². The van der Waals surface area contributed by atoms with Crippen molar-refractivity contribution in [1.29, 1.82) is 0 Å². The Balaban J connectivity index is 1.23. The number of fused-ring (bicyclic) bond motifs is 2. The summed E-state index contributed by atoms with van der Waals surface area (Å²) in [5.74, 6) is 2.79. The second-order valence-electron chi connectivity index (χ2n) is 11.1. The van der Waals surface area contributed by atoms with Gasteiger partial charge in [0.1, 0.15) is 29.2 Å². The molecule has 5 heterocycles. The highest BCUT2D eigenvalue weighted by molar-refractivity contribution is 6.41. The Bertz CT molecular complexity index is 1470. The molecule has 1 aromatic heterocycles. The molecule has 7 rings (SSSR count). The van der Waals surface area contributed by atoms with Crippen molar-refractivity contribution in [2.24, 2.45) is 11.0 Å². The molecule has 0 bridgehead atoms. The number of anilines is 1. The number of amides is 1. The number of benzene rings is 1. The topological polar surface area (TPSA) is 55.6 Å². The molecule has 1 N–H and O–H groups in total. The van der Waals surface area contributed by atoms with Gasteiger partial charge in [0, 0.05) is 24.3 Å². The van der Waals surface area contributed by atoms with Crippen LogP contribution in [0, 0.1) is 5.92 Å². The van der Waals surface area contributed by atoms with E-state index in [1.807, 2.05) is 16.8 Å². The van der Waals surface area contributed by atoms with Crippen LogP contribution in [-0.2, 0) is 4.79 Å². The van der Waals surface area contributed by atoms with Crippen molar-refractivity contribution >= 4 is 48.0 Å². The molecule has 2 aromatic rings. The normalized spacial score (nSPS) is 20.4. The molecule has 4 aliphatic heterocycles. The Hall–Kier alpha value is -3.39. The van der Waals surface area contributed by atoms with Gasteiger partial charge in [0.2, 0.25) is 5.91 Å². The summed E-state index contributed by atoms with van der Waals surface area (Å²) in [4.78, 5) is 14.1. The molecule has 0 unspecified atom stereocenters. The number of allylic oxidation sites excluding steroid dienone is 2. The number of aromatic nitrogens is 1. The number of azo groups is 2. The second kappa shape index (κ2) is 10.3. The molecular weight excluding hydrogens is 507 g/mol. The molecule has 1 amide bonds. The number of rotatable bonds is 6. The van der Waals surface area contributed by atoms with Crippen LogP contribution in [0.4, 0.5) is 11.5 Å². The minimum atomic E-state index is -0.207. The molecule has 1 aliphatic carbocycles. The van der Waals surface area contributed by atoms with Gasteiger partial charge in [0.25, 0.3) is 11.7 Å². The third kappa shape index (κ3) is 4.58. The Morgan fingerprint density at radius 3 is 2.54 bits per heavy atom. The van der Waals surface area contributed by atoms with Gasteiger partial charge < -0.3 is 5.32 Å². The van der Waals surface area contributed by atoms with Gasteiger partial charge in [0.05, 0.1) is 18.7 Å². The van der Waals surface area contributed by atoms with Gasteiger partial charge in [-0.2, -0.15) is 0 Å². The quantitative estimate of drug-likeness (QED) is 0.286. The smallest absolute Gasteiger partial charge is 0.325 e. The molecule has 9 heteroatoms. The van der Waals surface area contributed by atoms with Gasteiger partial charge in [-0.25, -0.2) is 9.29 Å². The molecule has 1 saturated carbocycles. The minimum absolute atomic E-state index is 0.0591. The highest BCUT2D eigenvalue weighted by Crippen LogP contribution is 2.40. The van der Waals surface area contributed by atoms with Crippen LogP contribution in [0.25, 0.3) is 5.57 Å². The maximum absolute atomic E-state index is 11.8. The third-order valence-corrected chi connectivity index (χ3v) is 8.75. The molecule has 39 heavy (non-hydrogen) atoms. The number of halogens is 1. The Kier molecular flexibility index (Phi) is 6.51. The first kappa shape index (κ1) is 24.6. The lowest BCUT2D eigenvalue weighted by Gasteiger charge is -2.23. The first-order valence-corrected chi connectivity index (χ1v) is 14.8. The van der Waals surface area contributed by atoms with Crippen LogP contribution in [0.1, 0.15) is 62.6 Å². The number of amidine groups is 1. The fraction of sp³-hybridized carbons (Fsp3) is 0.400. The van der Waals surface area contributed by atoms with Gasteiger partial charge in [-0.15, -0.1) is 16.3 Å². The van der Waals surface area contributed by atoms with Gasteiger partial charge in [-0.05, 0) is 48.6 Å². The average Bonchev–Trinajstić information content (AvgIpc) is 3.70. The summed E-state index contributed by atoms with van der Waals surface area (Å²) >= 11 is 5.68. The lowest BCUT2D eigenvalue weighted by molar-refractivity contribution is -0.508. The molecular formula is C30H33BClN6O+2. The summed E-state index contributed by atoms with van der Waals surface area (Å²) in [6.45, 7) is 2.17. The predicted molar refractivity (Wildman–Crippen MR) is 154 cm³/mol. The number of nitrogens with zero attached hydrogens (tertiary/aromatic N) is 5. The number of hydrogen-bond acceptors (Lipinski definition) is 2. The minimum Gasteiger partial charge on any atom is -0.325 e. The lowest BCUT2D eigenvalue weighted by atomic mass is 9.86. The molecule has 1 saturated heterocycles. The predicted octanol–water partition coefficient (Wildman–Crippen LogP) is 5.82. The molecule has 7 nitrogen and oxygen atoms in total. The van der Waals surface area contributed by atoms with Crippen LogP contribution in [0.5, 0.6) is 0 Å². The van der Waals surface area contributed by atoms with E-state index in [4.69, 9.17) is 16.7 Å². The van der Waals surface area contributed by atoms with Crippen molar-refractivity contribution in [2.75, 3.05) is 24.3 Å². The van der Waals surface area contributed by atoms with E-state index >= 15 is 0 Å². The summed E-state index contributed by atoms with van der Waals surface area (Å²) in [5, 5.41) is 7.77. The summed E-state index contributed by atoms with van der Waals surface area (Å²) < 4.78 is 6.78. The van der Waals surface area contributed by atoms with E-state index < -0.39 is 0 Å². The number of hydrogen-bond donors (Lipinski definition) is 1. The first-order chi connectivity index (χ1) is 19.2. The molecule has 1 aromatic carbocycles. The van der Waals surface area contributed by atoms with E-state index in [-0.39, 0.29) is 11.8 Å². The van der Waals surface area contributed by atoms with Crippen molar-refractivity contribution in [1.82, 2.24) is 9.29 Å². The largest absolute Gasteiger partial charge is 0.701 e. The summed E-state index contributed by atoms with van der Waals surface area (Å²) in [7, 11) is 2.22. The molecule has 2 fully saturated rings. The fourth-order valence-electron chi connectivity index (χ4n) is 6.55.